The molecular formula is C14H14F3N3. The summed E-state index contributed by atoms with van der Waals surface area (Å²) in [6.45, 7) is 0.100. The molecule has 0 amide bonds. The molecule has 2 aromatic rings. The monoisotopic (exact) mass is 281 g/mol. The molecule has 1 heterocycles. The van der Waals surface area contributed by atoms with Gasteiger partial charge in [-0.2, -0.15) is 13.2 Å². The summed E-state index contributed by atoms with van der Waals surface area (Å²) in [5, 5.41) is 5.84. The van der Waals surface area contributed by atoms with Gasteiger partial charge in [0.15, 0.2) is 0 Å². The number of nitrogens with one attached hydrogen (secondary N) is 2. The number of benzene rings is 1. The van der Waals surface area contributed by atoms with Gasteiger partial charge in [0.1, 0.15) is 5.82 Å². The van der Waals surface area contributed by atoms with E-state index in [9.17, 15) is 13.2 Å². The molecule has 2 rings (SSSR count). The molecule has 0 aliphatic carbocycles. The fourth-order valence-electron chi connectivity index (χ4n) is 1.83. The van der Waals surface area contributed by atoms with Crippen LogP contribution in [-0.4, -0.2) is 12.0 Å². The van der Waals surface area contributed by atoms with Gasteiger partial charge in [-0.15, -0.1) is 0 Å². The zero-order valence-electron chi connectivity index (χ0n) is 10.8. The van der Waals surface area contributed by atoms with Crippen molar-refractivity contribution < 1.29 is 13.2 Å². The first-order chi connectivity index (χ1) is 9.50. The van der Waals surface area contributed by atoms with Crippen LogP contribution in [-0.2, 0) is 12.7 Å². The van der Waals surface area contributed by atoms with Crippen LogP contribution in [0.1, 0.15) is 11.1 Å². The number of pyridine rings is 1. The third-order valence-corrected chi connectivity index (χ3v) is 2.82. The largest absolute Gasteiger partial charge is 0.416 e. The van der Waals surface area contributed by atoms with Crippen LogP contribution in [0.25, 0.3) is 0 Å². The van der Waals surface area contributed by atoms with Crippen molar-refractivity contribution in [3.8, 4) is 0 Å². The van der Waals surface area contributed by atoms with Crippen molar-refractivity contribution in [3.63, 3.8) is 0 Å². The highest BCUT2D eigenvalue weighted by atomic mass is 19.4. The van der Waals surface area contributed by atoms with Crippen LogP contribution in [0.4, 0.5) is 24.7 Å². The highest BCUT2D eigenvalue weighted by Crippen LogP contribution is 2.32. The molecule has 1 aromatic heterocycles. The first-order valence-corrected chi connectivity index (χ1v) is 6.03. The van der Waals surface area contributed by atoms with Crippen molar-refractivity contribution >= 4 is 11.5 Å². The van der Waals surface area contributed by atoms with E-state index in [0.717, 1.165) is 6.07 Å². The Bertz CT molecular complexity index is 582. The maximum absolute atomic E-state index is 12.8. The van der Waals surface area contributed by atoms with E-state index in [4.69, 9.17) is 0 Å². The number of hydrogen-bond donors (Lipinski definition) is 2. The van der Waals surface area contributed by atoms with Crippen LogP contribution in [0, 0.1) is 0 Å². The van der Waals surface area contributed by atoms with Crippen molar-refractivity contribution in [2.45, 2.75) is 12.7 Å². The molecule has 3 nitrogen and oxygen atoms in total. The van der Waals surface area contributed by atoms with Gasteiger partial charge >= 0.3 is 6.18 Å². The Kier molecular flexibility index (Phi) is 4.12. The summed E-state index contributed by atoms with van der Waals surface area (Å²) in [5.41, 5.74) is 0.305. The Hall–Kier alpha value is -2.24. The molecule has 2 N–H and O–H groups in total. The number of alkyl halides is 3. The van der Waals surface area contributed by atoms with Crippen molar-refractivity contribution in [3.05, 3.63) is 53.7 Å². The molecule has 0 atom stereocenters. The molecule has 0 aliphatic heterocycles. The molecule has 0 saturated heterocycles. The van der Waals surface area contributed by atoms with Crippen LogP contribution >= 0.6 is 0 Å². The molecule has 6 heteroatoms. The first-order valence-electron chi connectivity index (χ1n) is 6.03. The molecule has 0 radical (unpaired) electrons. The Morgan fingerprint density at radius 2 is 1.90 bits per heavy atom. The van der Waals surface area contributed by atoms with E-state index < -0.39 is 11.7 Å². The quantitative estimate of drug-likeness (QED) is 0.896. The molecule has 0 aliphatic rings. The third kappa shape index (κ3) is 3.40. The number of rotatable bonds is 4. The average molecular weight is 281 g/mol. The van der Waals surface area contributed by atoms with Crippen LogP contribution in [0.3, 0.4) is 0 Å². The highest BCUT2D eigenvalue weighted by molar-refractivity contribution is 5.52. The van der Waals surface area contributed by atoms with E-state index in [1.54, 1.807) is 31.4 Å². The molecule has 0 unspecified atom stereocenters. The predicted octanol–water partition coefficient (Wildman–Crippen LogP) is 3.75. The maximum Gasteiger partial charge on any atom is 0.416 e. The van der Waals surface area contributed by atoms with Gasteiger partial charge in [-0.1, -0.05) is 18.2 Å². The van der Waals surface area contributed by atoms with Gasteiger partial charge in [-0.3, -0.25) is 0 Å². The maximum atomic E-state index is 12.8. The summed E-state index contributed by atoms with van der Waals surface area (Å²) in [4.78, 5) is 4.04. The second-order valence-electron chi connectivity index (χ2n) is 4.19. The Balaban J connectivity index is 2.15. The zero-order valence-corrected chi connectivity index (χ0v) is 10.8. The Morgan fingerprint density at radius 1 is 1.15 bits per heavy atom. The lowest BCUT2D eigenvalue weighted by atomic mass is 10.1. The Labute approximate surface area is 114 Å². The van der Waals surface area contributed by atoms with Crippen LogP contribution in [0.5, 0.6) is 0 Å². The number of nitrogens with zero attached hydrogens (tertiary/aromatic N) is 1. The minimum absolute atomic E-state index is 0.100. The Morgan fingerprint density at radius 3 is 2.60 bits per heavy atom. The van der Waals surface area contributed by atoms with Gasteiger partial charge in [0.05, 0.1) is 5.56 Å². The fraction of sp³-hybridized carbons (Fsp3) is 0.214. The fourth-order valence-corrected chi connectivity index (χ4v) is 1.83. The van der Waals surface area contributed by atoms with Crippen LogP contribution in [0.15, 0.2) is 42.6 Å². The summed E-state index contributed by atoms with van der Waals surface area (Å²) in [7, 11) is 1.73. The predicted molar refractivity (Wildman–Crippen MR) is 72.6 cm³/mol. The minimum Gasteiger partial charge on any atom is -0.381 e. The van der Waals surface area contributed by atoms with Gasteiger partial charge in [-0.25, -0.2) is 4.98 Å². The van der Waals surface area contributed by atoms with Crippen molar-refractivity contribution in [1.82, 2.24) is 4.98 Å². The van der Waals surface area contributed by atoms with Gasteiger partial charge in [0, 0.05) is 31.5 Å². The molecule has 1 aromatic carbocycles. The van der Waals surface area contributed by atoms with E-state index in [-0.39, 0.29) is 12.1 Å². The third-order valence-electron chi connectivity index (χ3n) is 2.82. The lowest BCUT2D eigenvalue weighted by Crippen LogP contribution is -2.11. The minimum atomic E-state index is -4.34. The molecule has 0 saturated carbocycles. The summed E-state index contributed by atoms with van der Waals surface area (Å²) < 4.78 is 38.5. The lowest BCUT2D eigenvalue weighted by molar-refractivity contribution is -0.138. The second kappa shape index (κ2) is 5.81. The highest BCUT2D eigenvalue weighted by Gasteiger charge is 2.32. The standard InChI is InChI=1S/C14H14F3N3/c1-18-13-8-11(6-7-19-13)20-9-10-4-2-3-5-12(10)14(15,16)17/h2-8H,9H2,1H3,(H2,18,19,20). The molecule has 0 spiro atoms. The van der Waals surface area contributed by atoms with Gasteiger partial charge in [-0.05, 0) is 17.7 Å². The number of hydrogen-bond acceptors (Lipinski definition) is 3. The summed E-state index contributed by atoms with van der Waals surface area (Å²) in [6, 6.07) is 8.97. The molecule has 20 heavy (non-hydrogen) atoms. The summed E-state index contributed by atoms with van der Waals surface area (Å²) in [6.07, 6.45) is -2.75. The SMILES string of the molecule is CNc1cc(NCc2ccccc2C(F)(F)F)ccn1. The van der Waals surface area contributed by atoms with Crippen LogP contribution < -0.4 is 10.6 Å². The topological polar surface area (TPSA) is 37.0 Å². The zero-order chi connectivity index (χ0) is 14.6. The van der Waals surface area contributed by atoms with E-state index in [1.807, 2.05) is 0 Å². The van der Waals surface area contributed by atoms with E-state index >= 15 is 0 Å². The molecule has 106 valence electrons. The summed E-state index contributed by atoms with van der Waals surface area (Å²) in [5.74, 6) is 0.652. The van der Waals surface area contributed by atoms with Gasteiger partial charge < -0.3 is 10.6 Å². The summed E-state index contributed by atoms with van der Waals surface area (Å²) >= 11 is 0. The second-order valence-corrected chi connectivity index (χ2v) is 4.19. The van der Waals surface area contributed by atoms with E-state index in [0.29, 0.717) is 11.5 Å². The molecular weight excluding hydrogens is 267 g/mol. The first kappa shape index (κ1) is 14.2. The number of aromatic nitrogens is 1. The normalized spacial score (nSPS) is 11.2. The molecule has 0 fully saturated rings. The van der Waals surface area contributed by atoms with Gasteiger partial charge in [0.2, 0.25) is 0 Å². The number of anilines is 2. The number of halogens is 3. The van der Waals surface area contributed by atoms with Gasteiger partial charge in [0.25, 0.3) is 0 Å². The van der Waals surface area contributed by atoms with E-state index in [2.05, 4.69) is 15.6 Å². The lowest BCUT2D eigenvalue weighted by Gasteiger charge is -2.14. The van der Waals surface area contributed by atoms with Crippen molar-refractivity contribution in [2.24, 2.45) is 0 Å². The van der Waals surface area contributed by atoms with Crippen molar-refractivity contribution in [2.75, 3.05) is 17.7 Å². The molecule has 0 bridgehead atoms. The van der Waals surface area contributed by atoms with Crippen LogP contribution in [0.2, 0.25) is 0 Å². The van der Waals surface area contributed by atoms with E-state index in [1.165, 1.54) is 12.1 Å². The van der Waals surface area contributed by atoms with Crippen molar-refractivity contribution in [1.29, 1.82) is 0 Å². The smallest absolute Gasteiger partial charge is 0.381 e. The average Bonchev–Trinajstić information content (AvgIpc) is 2.44.